The van der Waals surface area contributed by atoms with Crippen molar-refractivity contribution in [2.75, 3.05) is 5.73 Å². The highest BCUT2D eigenvalue weighted by Gasteiger charge is 2.29. The minimum Gasteiger partial charge on any atom is -0.286 e. The second kappa shape index (κ2) is 8.05. The van der Waals surface area contributed by atoms with Crippen LogP contribution in [0.1, 0.15) is 60.3 Å². The standard InChI is InChI=1S/C20H20N4S/c21-11-16-18(15-9-5-2-6-10-15)17(12-22)20(24-19(16)23)25-13-14-7-3-1-4-8-14/h1,3-4,7-8,15H,2,5-6,9-10,13H2,(H2,23,24)/p+1. The van der Waals surface area contributed by atoms with E-state index < -0.39 is 0 Å². The summed E-state index contributed by atoms with van der Waals surface area (Å²) in [6, 6.07) is 14.7. The molecule has 1 aromatic carbocycles. The van der Waals surface area contributed by atoms with Crippen molar-refractivity contribution >= 4 is 17.6 Å². The molecule has 1 heterocycles. The topological polar surface area (TPSA) is 87.7 Å². The van der Waals surface area contributed by atoms with Gasteiger partial charge in [0, 0.05) is 11.3 Å². The molecule has 3 N–H and O–H groups in total. The number of benzene rings is 1. The van der Waals surface area contributed by atoms with Crippen molar-refractivity contribution in [2.24, 2.45) is 0 Å². The number of rotatable bonds is 4. The third-order valence-electron chi connectivity index (χ3n) is 4.75. The number of nitrogens with zero attached hydrogens (tertiary/aromatic N) is 2. The molecule has 1 saturated carbocycles. The number of aromatic nitrogens is 1. The van der Waals surface area contributed by atoms with E-state index in [1.807, 2.05) is 18.2 Å². The second-order valence-corrected chi connectivity index (χ2v) is 7.35. The van der Waals surface area contributed by atoms with E-state index in [1.165, 1.54) is 12.0 Å². The van der Waals surface area contributed by atoms with Gasteiger partial charge in [-0.2, -0.15) is 10.5 Å². The number of nitrogen functional groups attached to an aromatic ring is 1. The molecular weight excluding hydrogens is 328 g/mol. The maximum absolute atomic E-state index is 9.80. The summed E-state index contributed by atoms with van der Waals surface area (Å²) in [6.07, 6.45) is 5.56. The second-order valence-electron chi connectivity index (χ2n) is 6.36. The Kier molecular flexibility index (Phi) is 5.58. The van der Waals surface area contributed by atoms with E-state index in [0.29, 0.717) is 16.9 Å². The summed E-state index contributed by atoms with van der Waals surface area (Å²) in [5.41, 5.74) is 9.22. The summed E-state index contributed by atoms with van der Waals surface area (Å²) in [5, 5.41) is 20.2. The fourth-order valence-electron chi connectivity index (χ4n) is 3.51. The number of nitriles is 2. The molecule has 0 spiro atoms. The van der Waals surface area contributed by atoms with Gasteiger partial charge in [0.05, 0.1) is 0 Å². The van der Waals surface area contributed by atoms with E-state index >= 15 is 0 Å². The van der Waals surface area contributed by atoms with Crippen LogP contribution in [0.2, 0.25) is 0 Å². The van der Waals surface area contributed by atoms with Crippen molar-refractivity contribution in [3.05, 3.63) is 52.6 Å². The van der Waals surface area contributed by atoms with Crippen molar-refractivity contribution < 1.29 is 4.98 Å². The fraction of sp³-hybridized carbons (Fsp3) is 0.350. The van der Waals surface area contributed by atoms with E-state index in [9.17, 15) is 10.5 Å². The van der Waals surface area contributed by atoms with Crippen LogP contribution in [-0.2, 0) is 5.75 Å². The molecule has 126 valence electrons. The van der Waals surface area contributed by atoms with Crippen LogP contribution in [0.15, 0.2) is 35.4 Å². The Labute approximate surface area is 152 Å². The zero-order valence-electron chi connectivity index (χ0n) is 14.1. The zero-order chi connectivity index (χ0) is 17.6. The van der Waals surface area contributed by atoms with E-state index in [-0.39, 0.29) is 5.92 Å². The zero-order valence-corrected chi connectivity index (χ0v) is 14.9. The van der Waals surface area contributed by atoms with Crippen LogP contribution in [0, 0.1) is 22.7 Å². The maximum atomic E-state index is 9.80. The van der Waals surface area contributed by atoms with Gasteiger partial charge in [-0.15, -0.1) is 0 Å². The van der Waals surface area contributed by atoms with Gasteiger partial charge in [-0.25, -0.2) is 4.98 Å². The van der Waals surface area contributed by atoms with Crippen molar-refractivity contribution in [1.82, 2.24) is 0 Å². The van der Waals surface area contributed by atoms with Crippen LogP contribution < -0.4 is 10.7 Å². The van der Waals surface area contributed by atoms with Crippen LogP contribution in [-0.4, -0.2) is 0 Å². The number of hydrogen-bond donors (Lipinski definition) is 1. The minimum atomic E-state index is 0.256. The molecule has 0 bridgehead atoms. The van der Waals surface area contributed by atoms with Gasteiger partial charge < -0.3 is 0 Å². The van der Waals surface area contributed by atoms with Crippen LogP contribution in [0.5, 0.6) is 0 Å². The van der Waals surface area contributed by atoms with Gasteiger partial charge in [-0.05, 0) is 24.3 Å². The van der Waals surface area contributed by atoms with Gasteiger partial charge in [-0.1, -0.05) is 61.4 Å². The Hall–Kier alpha value is -2.50. The molecule has 3 rings (SSSR count). The molecule has 0 radical (unpaired) electrons. The van der Waals surface area contributed by atoms with Gasteiger partial charge in [0.15, 0.2) is 5.03 Å². The SMILES string of the molecule is N#Cc1c(N)[nH+]c(SCc2ccccc2)c(C#N)c1C1CCCCC1. The molecule has 25 heavy (non-hydrogen) atoms. The number of thioether (sulfide) groups is 1. The third kappa shape index (κ3) is 3.78. The largest absolute Gasteiger partial charge is 0.289 e. The van der Waals surface area contributed by atoms with Crippen LogP contribution in [0.25, 0.3) is 0 Å². The first kappa shape index (κ1) is 17.3. The molecule has 1 aliphatic carbocycles. The summed E-state index contributed by atoms with van der Waals surface area (Å²) in [4.78, 5) is 3.09. The number of hydrogen-bond acceptors (Lipinski definition) is 4. The number of aromatic amines is 1. The number of H-pyrrole nitrogens is 1. The molecule has 1 aromatic heterocycles. The predicted octanol–water partition coefficient (Wildman–Crippen LogP) is 4.17. The predicted molar refractivity (Wildman–Crippen MR) is 98.7 cm³/mol. The lowest BCUT2D eigenvalue weighted by Gasteiger charge is -2.24. The Morgan fingerprint density at radius 1 is 1.04 bits per heavy atom. The van der Waals surface area contributed by atoms with E-state index in [4.69, 9.17) is 5.73 Å². The van der Waals surface area contributed by atoms with Crippen molar-refractivity contribution in [2.45, 2.75) is 48.8 Å². The molecule has 0 unspecified atom stereocenters. The van der Waals surface area contributed by atoms with Crippen molar-refractivity contribution in [3.8, 4) is 12.1 Å². The maximum Gasteiger partial charge on any atom is 0.289 e. The Bertz CT molecular complexity index is 828. The Morgan fingerprint density at radius 3 is 2.36 bits per heavy atom. The monoisotopic (exact) mass is 349 g/mol. The normalized spacial score (nSPS) is 14.6. The lowest BCUT2D eigenvalue weighted by Crippen LogP contribution is -2.22. The Balaban J connectivity index is 1.99. The molecule has 1 aliphatic rings. The Morgan fingerprint density at radius 2 is 1.72 bits per heavy atom. The molecule has 1 fully saturated rings. The molecule has 4 nitrogen and oxygen atoms in total. The summed E-state index contributed by atoms with van der Waals surface area (Å²) in [5.74, 6) is 1.38. The molecule has 0 amide bonds. The highest BCUT2D eigenvalue weighted by molar-refractivity contribution is 7.98. The number of nitrogens with one attached hydrogen (secondary N) is 1. The summed E-state index contributed by atoms with van der Waals surface area (Å²) < 4.78 is 0. The lowest BCUT2D eigenvalue weighted by atomic mass is 9.80. The highest BCUT2D eigenvalue weighted by atomic mass is 32.2. The minimum absolute atomic E-state index is 0.256. The van der Waals surface area contributed by atoms with E-state index in [0.717, 1.165) is 42.0 Å². The fourth-order valence-corrected chi connectivity index (χ4v) is 4.49. The molecular formula is C20H21N4S+. The van der Waals surface area contributed by atoms with Gasteiger partial charge >= 0.3 is 0 Å². The molecule has 0 saturated heterocycles. The molecule has 0 atom stereocenters. The average molecular weight is 349 g/mol. The first-order chi connectivity index (χ1) is 12.2. The number of nitrogens with two attached hydrogens (primary N) is 1. The number of anilines is 1. The first-order valence-electron chi connectivity index (χ1n) is 8.60. The third-order valence-corrected chi connectivity index (χ3v) is 5.82. The van der Waals surface area contributed by atoms with Gasteiger partial charge in [0.25, 0.3) is 5.82 Å². The molecule has 0 aliphatic heterocycles. The molecule has 5 heteroatoms. The van der Waals surface area contributed by atoms with Crippen LogP contribution in [0.3, 0.4) is 0 Å². The van der Waals surface area contributed by atoms with Crippen LogP contribution in [0.4, 0.5) is 5.82 Å². The summed E-state index contributed by atoms with van der Waals surface area (Å²) >= 11 is 1.57. The quantitative estimate of drug-likeness (QED) is 0.839. The lowest BCUT2D eigenvalue weighted by molar-refractivity contribution is -0.410. The summed E-state index contributed by atoms with van der Waals surface area (Å²) in [6.45, 7) is 0. The van der Waals surface area contributed by atoms with Crippen molar-refractivity contribution in [1.29, 1.82) is 10.5 Å². The molecule has 2 aromatic rings. The first-order valence-corrected chi connectivity index (χ1v) is 9.58. The van der Waals surface area contributed by atoms with Gasteiger partial charge in [-0.3, -0.25) is 5.73 Å². The number of pyridine rings is 1. The van der Waals surface area contributed by atoms with Crippen molar-refractivity contribution in [3.63, 3.8) is 0 Å². The smallest absolute Gasteiger partial charge is 0.286 e. The van der Waals surface area contributed by atoms with E-state index in [1.54, 1.807) is 11.8 Å². The average Bonchev–Trinajstić information content (AvgIpc) is 2.67. The van der Waals surface area contributed by atoms with Gasteiger partial charge in [0.1, 0.15) is 23.3 Å². The highest BCUT2D eigenvalue weighted by Crippen LogP contribution is 2.39. The van der Waals surface area contributed by atoms with E-state index in [2.05, 4.69) is 29.3 Å². The van der Waals surface area contributed by atoms with Crippen LogP contribution >= 0.6 is 11.8 Å². The summed E-state index contributed by atoms with van der Waals surface area (Å²) in [7, 11) is 0. The van der Waals surface area contributed by atoms with Gasteiger partial charge in [0.2, 0.25) is 0 Å².